The van der Waals surface area contributed by atoms with Gasteiger partial charge in [0, 0.05) is 13.0 Å². The average Bonchev–Trinajstić information content (AvgIpc) is 2.64. The van der Waals surface area contributed by atoms with Gasteiger partial charge in [0.05, 0.1) is 18.4 Å². The molecule has 0 aromatic heterocycles. The van der Waals surface area contributed by atoms with E-state index in [9.17, 15) is 14.4 Å². The Morgan fingerprint density at radius 2 is 1.95 bits per heavy atom. The Morgan fingerprint density at radius 3 is 2.60 bits per heavy atom. The van der Waals surface area contributed by atoms with Crippen LogP contribution < -0.4 is 4.90 Å². The Bertz CT molecular complexity index is 592. The SMILES string of the molecule is COC(=O)CCCN1C(=O)C(=O)c2cc(C)cc(C)c21. The van der Waals surface area contributed by atoms with Gasteiger partial charge >= 0.3 is 5.97 Å². The lowest BCUT2D eigenvalue weighted by atomic mass is 10.0. The van der Waals surface area contributed by atoms with Crippen LogP contribution in [0.1, 0.15) is 34.3 Å². The number of ether oxygens (including phenoxy) is 1. The van der Waals surface area contributed by atoms with Crippen molar-refractivity contribution in [3.63, 3.8) is 0 Å². The predicted molar refractivity (Wildman–Crippen MR) is 73.8 cm³/mol. The van der Waals surface area contributed by atoms with Crippen molar-refractivity contribution in [3.8, 4) is 0 Å². The number of nitrogens with zero attached hydrogens (tertiary/aromatic N) is 1. The number of benzene rings is 1. The molecule has 0 aliphatic carbocycles. The number of carbonyl (C=O) groups is 3. The fourth-order valence-electron chi connectivity index (χ4n) is 2.53. The number of rotatable bonds is 4. The highest BCUT2D eigenvalue weighted by molar-refractivity contribution is 6.52. The number of amides is 1. The molecule has 0 saturated heterocycles. The van der Waals surface area contributed by atoms with Crippen LogP contribution in [-0.4, -0.2) is 31.3 Å². The molecule has 1 aromatic carbocycles. The predicted octanol–water partition coefficient (Wildman–Crippen LogP) is 1.79. The van der Waals surface area contributed by atoms with Gasteiger partial charge in [-0.15, -0.1) is 0 Å². The number of hydrogen-bond donors (Lipinski definition) is 0. The molecule has 0 fully saturated rings. The molecular weight excluding hydrogens is 258 g/mol. The second-order valence-electron chi connectivity index (χ2n) is 4.94. The highest BCUT2D eigenvalue weighted by Crippen LogP contribution is 2.33. The summed E-state index contributed by atoms with van der Waals surface area (Å²) in [6, 6.07) is 3.68. The first-order valence-corrected chi connectivity index (χ1v) is 6.50. The molecule has 0 unspecified atom stereocenters. The highest BCUT2D eigenvalue weighted by Gasteiger charge is 2.36. The van der Waals surface area contributed by atoms with E-state index < -0.39 is 11.7 Å². The summed E-state index contributed by atoms with van der Waals surface area (Å²) in [6.07, 6.45) is 0.702. The fraction of sp³-hybridized carbons (Fsp3) is 0.400. The molecule has 0 radical (unpaired) electrons. The minimum absolute atomic E-state index is 0.231. The van der Waals surface area contributed by atoms with Gasteiger partial charge in [-0.3, -0.25) is 14.4 Å². The molecule has 0 N–H and O–H groups in total. The first kappa shape index (κ1) is 14.2. The summed E-state index contributed by atoms with van der Waals surface area (Å²) in [7, 11) is 1.33. The quantitative estimate of drug-likeness (QED) is 0.620. The molecule has 2 rings (SSSR count). The van der Waals surface area contributed by atoms with E-state index >= 15 is 0 Å². The van der Waals surface area contributed by atoms with Gasteiger partial charge in [-0.25, -0.2) is 0 Å². The van der Waals surface area contributed by atoms with E-state index in [4.69, 9.17) is 0 Å². The first-order valence-electron chi connectivity index (χ1n) is 6.50. The third-order valence-corrected chi connectivity index (χ3v) is 3.39. The summed E-state index contributed by atoms with van der Waals surface area (Å²) in [5.41, 5.74) is 3.00. The number of ketones is 1. The van der Waals surface area contributed by atoms with E-state index in [0.29, 0.717) is 24.2 Å². The standard InChI is InChI=1S/C15H17NO4/c1-9-7-10(2)13-11(8-9)14(18)15(19)16(13)6-4-5-12(17)20-3/h7-8H,4-6H2,1-3H3. The molecule has 0 spiro atoms. The Labute approximate surface area is 117 Å². The molecule has 0 saturated carbocycles. The third kappa shape index (κ3) is 2.43. The zero-order valence-corrected chi connectivity index (χ0v) is 11.9. The number of methoxy groups -OCH3 is 1. The lowest BCUT2D eigenvalue weighted by Crippen LogP contribution is -2.31. The molecule has 1 aromatic rings. The van der Waals surface area contributed by atoms with Gasteiger partial charge in [-0.1, -0.05) is 6.07 Å². The van der Waals surface area contributed by atoms with Gasteiger partial charge in [-0.05, 0) is 37.5 Å². The lowest BCUT2D eigenvalue weighted by Gasteiger charge is -2.18. The van der Waals surface area contributed by atoms with Gasteiger partial charge in [0.25, 0.3) is 11.7 Å². The summed E-state index contributed by atoms with van der Waals surface area (Å²) in [6.45, 7) is 4.12. The molecular formula is C15H17NO4. The lowest BCUT2D eigenvalue weighted by molar-refractivity contribution is -0.140. The second kappa shape index (κ2) is 5.45. The number of anilines is 1. The number of aryl methyl sites for hydroxylation is 2. The maximum absolute atomic E-state index is 12.0. The maximum Gasteiger partial charge on any atom is 0.305 e. The molecule has 1 amide bonds. The zero-order chi connectivity index (χ0) is 14.9. The molecule has 1 aliphatic rings. The van der Waals surface area contributed by atoms with Crippen LogP contribution in [0.4, 0.5) is 5.69 Å². The summed E-state index contributed by atoms with van der Waals surface area (Å²) in [5, 5.41) is 0. The van der Waals surface area contributed by atoms with Crippen molar-refractivity contribution in [1.82, 2.24) is 0 Å². The zero-order valence-electron chi connectivity index (χ0n) is 11.9. The second-order valence-corrected chi connectivity index (χ2v) is 4.94. The number of carbonyl (C=O) groups excluding carboxylic acids is 3. The third-order valence-electron chi connectivity index (χ3n) is 3.39. The monoisotopic (exact) mass is 275 g/mol. The van der Waals surface area contributed by atoms with Crippen molar-refractivity contribution in [3.05, 3.63) is 28.8 Å². The minimum atomic E-state index is -0.515. The van der Waals surface area contributed by atoms with Crippen molar-refractivity contribution in [1.29, 1.82) is 0 Å². The Kier molecular flexibility index (Phi) is 3.88. The van der Waals surface area contributed by atoms with Crippen molar-refractivity contribution in [2.75, 3.05) is 18.6 Å². The Morgan fingerprint density at radius 1 is 1.25 bits per heavy atom. The fourth-order valence-corrected chi connectivity index (χ4v) is 2.53. The van der Waals surface area contributed by atoms with E-state index in [1.54, 1.807) is 6.07 Å². The summed E-state index contributed by atoms with van der Waals surface area (Å²) in [4.78, 5) is 36.6. The summed E-state index contributed by atoms with van der Waals surface area (Å²) in [5.74, 6) is -1.30. The number of Topliss-reactive ketones (excluding diaryl/α,β-unsaturated/α-hetero) is 1. The largest absolute Gasteiger partial charge is 0.469 e. The highest BCUT2D eigenvalue weighted by atomic mass is 16.5. The van der Waals surface area contributed by atoms with Crippen LogP contribution >= 0.6 is 0 Å². The molecule has 1 aliphatic heterocycles. The molecule has 20 heavy (non-hydrogen) atoms. The summed E-state index contributed by atoms with van der Waals surface area (Å²) < 4.78 is 4.56. The maximum atomic E-state index is 12.0. The molecule has 5 heteroatoms. The molecule has 1 heterocycles. The molecule has 0 bridgehead atoms. The van der Waals surface area contributed by atoms with Gasteiger partial charge in [-0.2, -0.15) is 0 Å². The molecule has 106 valence electrons. The van der Waals surface area contributed by atoms with Crippen LogP contribution in [0.2, 0.25) is 0 Å². The van der Waals surface area contributed by atoms with E-state index in [2.05, 4.69) is 4.74 Å². The normalized spacial score (nSPS) is 13.7. The van der Waals surface area contributed by atoms with Crippen molar-refractivity contribution in [2.45, 2.75) is 26.7 Å². The van der Waals surface area contributed by atoms with Gasteiger partial charge in [0.1, 0.15) is 0 Å². The first-order chi connectivity index (χ1) is 9.45. The number of fused-ring (bicyclic) bond motifs is 1. The topological polar surface area (TPSA) is 63.7 Å². The van der Waals surface area contributed by atoms with Crippen LogP contribution in [0, 0.1) is 13.8 Å². The van der Waals surface area contributed by atoms with Gasteiger partial charge in [0.2, 0.25) is 0 Å². The van der Waals surface area contributed by atoms with Crippen LogP contribution in [0.3, 0.4) is 0 Å². The van der Waals surface area contributed by atoms with Crippen LogP contribution in [0.15, 0.2) is 12.1 Å². The van der Waals surface area contributed by atoms with E-state index in [1.807, 2.05) is 19.9 Å². The van der Waals surface area contributed by atoms with Crippen molar-refractivity contribution >= 4 is 23.3 Å². The van der Waals surface area contributed by atoms with Crippen molar-refractivity contribution in [2.24, 2.45) is 0 Å². The van der Waals surface area contributed by atoms with E-state index in [1.165, 1.54) is 12.0 Å². The van der Waals surface area contributed by atoms with Crippen molar-refractivity contribution < 1.29 is 19.1 Å². The van der Waals surface area contributed by atoms with Gasteiger partial charge in [0.15, 0.2) is 0 Å². The number of hydrogen-bond acceptors (Lipinski definition) is 4. The minimum Gasteiger partial charge on any atom is -0.469 e. The van der Waals surface area contributed by atoms with E-state index in [-0.39, 0.29) is 12.4 Å². The molecule has 0 atom stereocenters. The average molecular weight is 275 g/mol. The smallest absolute Gasteiger partial charge is 0.305 e. The summed E-state index contributed by atoms with van der Waals surface area (Å²) >= 11 is 0. The Balaban J connectivity index is 2.22. The number of esters is 1. The van der Waals surface area contributed by atoms with Gasteiger partial charge < -0.3 is 9.64 Å². The van der Waals surface area contributed by atoms with Crippen LogP contribution in [0.25, 0.3) is 0 Å². The molecule has 5 nitrogen and oxygen atoms in total. The van der Waals surface area contributed by atoms with E-state index in [0.717, 1.165) is 11.1 Å². The van der Waals surface area contributed by atoms with Crippen LogP contribution in [-0.2, 0) is 14.3 Å². The van der Waals surface area contributed by atoms with Crippen LogP contribution in [0.5, 0.6) is 0 Å². The Hall–Kier alpha value is -2.17.